The van der Waals surface area contributed by atoms with E-state index in [0.717, 1.165) is 35.6 Å². The molecule has 3 heterocycles. The molecule has 33 heavy (non-hydrogen) atoms. The van der Waals surface area contributed by atoms with Crippen LogP contribution in [0.2, 0.25) is 0 Å². The number of nitrogens with zero attached hydrogens (tertiary/aromatic N) is 2. The van der Waals surface area contributed by atoms with Gasteiger partial charge in [0, 0.05) is 24.2 Å². The van der Waals surface area contributed by atoms with Gasteiger partial charge in [-0.25, -0.2) is 4.79 Å². The lowest BCUT2D eigenvalue weighted by Crippen LogP contribution is -2.11. The van der Waals surface area contributed by atoms with Gasteiger partial charge < -0.3 is 24.6 Å². The number of phenols is 1. The lowest BCUT2D eigenvalue weighted by Gasteiger charge is -2.15. The van der Waals surface area contributed by atoms with Gasteiger partial charge in [-0.3, -0.25) is 4.79 Å². The highest BCUT2D eigenvalue weighted by atomic mass is 32.1. The summed E-state index contributed by atoms with van der Waals surface area (Å²) in [5.74, 6) is -0.222. The number of amides is 1. The number of cyclic esters (lactones) is 1. The molecule has 2 aliphatic rings. The van der Waals surface area contributed by atoms with E-state index in [9.17, 15) is 14.7 Å². The van der Waals surface area contributed by atoms with Gasteiger partial charge in [0.15, 0.2) is 0 Å². The van der Waals surface area contributed by atoms with E-state index in [4.69, 9.17) is 14.2 Å². The van der Waals surface area contributed by atoms with E-state index >= 15 is 0 Å². The normalized spacial score (nSPS) is 17.7. The number of hydrogen-bond acceptors (Lipinski definition) is 9. The summed E-state index contributed by atoms with van der Waals surface area (Å²) >= 11 is 1.34. The number of anilines is 1. The van der Waals surface area contributed by atoms with Crippen molar-refractivity contribution in [2.75, 3.05) is 19.0 Å². The number of benzene rings is 1. The molecule has 1 saturated heterocycles. The maximum absolute atomic E-state index is 12.3. The maximum atomic E-state index is 12.3. The summed E-state index contributed by atoms with van der Waals surface area (Å²) in [7, 11) is 1.54. The first kappa shape index (κ1) is 23.2. The van der Waals surface area contributed by atoms with Gasteiger partial charge in [-0.15, -0.1) is 10.2 Å². The van der Waals surface area contributed by atoms with Gasteiger partial charge >= 0.3 is 5.97 Å². The molecule has 1 aromatic heterocycles. The van der Waals surface area contributed by atoms with Crippen LogP contribution in [0.3, 0.4) is 0 Å². The molecule has 9 nitrogen and oxygen atoms in total. The molecule has 1 aromatic carbocycles. The van der Waals surface area contributed by atoms with Crippen molar-refractivity contribution in [2.24, 2.45) is 0 Å². The summed E-state index contributed by atoms with van der Waals surface area (Å²) in [5, 5.41) is 22.9. The van der Waals surface area contributed by atoms with Gasteiger partial charge in [0.25, 0.3) is 0 Å². The van der Waals surface area contributed by atoms with E-state index in [1.54, 1.807) is 0 Å². The van der Waals surface area contributed by atoms with E-state index in [0.29, 0.717) is 34.8 Å². The van der Waals surface area contributed by atoms with E-state index in [-0.39, 0.29) is 36.4 Å². The average molecular weight is 474 g/mol. The third-order valence-electron chi connectivity index (χ3n) is 5.94. The first-order chi connectivity index (χ1) is 15.9. The monoisotopic (exact) mass is 473 g/mol. The average Bonchev–Trinajstić information content (AvgIpc) is 3.55. The van der Waals surface area contributed by atoms with Crippen molar-refractivity contribution in [3.05, 3.63) is 38.9 Å². The topological polar surface area (TPSA) is 120 Å². The molecule has 0 radical (unpaired) electrons. The van der Waals surface area contributed by atoms with Crippen molar-refractivity contribution in [1.82, 2.24) is 10.2 Å². The fourth-order valence-corrected chi connectivity index (χ4v) is 4.93. The van der Waals surface area contributed by atoms with Gasteiger partial charge in [-0.1, -0.05) is 23.0 Å². The molecule has 0 saturated carbocycles. The Hall–Kier alpha value is -2.98. The lowest BCUT2D eigenvalue weighted by atomic mass is 9.94. The zero-order valence-corrected chi connectivity index (χ0v) is 19.7. The summed E-state index contributed by atoms with van der Waals surface area (Å²) in [6.07, 6.45) is 5.04. The highest BCUT2D eigenvalue weighted by molar-refractivity contribution is 7.15. The highest BCUT2D eigenvalue weighted by Gasteiger charge is 2.31. The molecule has 176 valence electrons. The zero-order valence-electron chi connectivity index (χ0n) is 18.9. The standard InChI is InChI=1S/C23H27N3O6S/c1-12(7-9-17(27)24-23-26-25-21(33-23)16-5-4-10-31-16)6-8-14-19(28)18-15(11-32-22(18)29)13(2)20(14)30-3/h6,16,28H,4-5,7-11H2,1-3H3,(H,24,26,27)/b12-6+. The third kappa shape index (κ3) is 4.86. The van der Waals surface area contributed by atoms with E-state index in [1.165, 1.54) is 18.4 Å². The first-order valence-electron chi connectivity index (χ1n) is 10.9. The Kier molecular flexibility index (Phi) is 6.94. The number of nitrogens with one attached hydrogen (secondary N) is 1. The molecule has 4 rings (SSSR count). The van der Waals surface area contributed by atoms with Crippen LogP contribution < -0.4 is 10.1 Å². The van der Waals surface area contributed by atoms with Gasteiger partial charge in [-0.2, -0.15) is 0 Å². The highest BCUT2D eigenvalue weighted by Crippen LogP contribution is 2.42. The number of carbonyl (C=O) groups is 2. The van der Waals surface area contributed by atoms with Crippen LogP contribution in [0.1, 0.15) is 70.8 Å². The minimum atomic E-state index is -0.522. The van der Waals surface area contributed by atoms with Crippen molar-refractivity contribution in [3.8, 4) is 11.5 Å². The van der Waals surface area contributed by atoms with E-state index in [2.05, 4.69) is 15.5 Å². The number of rotatable bonds is 8. The van der Waals surface area contributed by atoms with Crippen LogP contribution in [-0.2, 0) is 27.3 Å². The van der Waals surface area contributed by atoms with Crippen molar-refractivity contribution in [3.63, 3.8) is 0 Å². The number of methoxy groups -OCH3 is 1. The molecule has 2 aromatic rings. The quantitative estimate of drug-likeness (QED) is 0.436. The second kappa shape index (κ2) is 9.88. The molecule has 1 fully saturated rings. The number of carbonyl (C=O) groups excluding carboxylic acids is 2. The molecule has 1 unspecified atom stereocenters. The minimum Gasteiger partial charge on any atom is -0.507 e. The van der Waals surface area contributed by atoms with Crippen LogP contribution in [0.15, 0.2) is 11.6 Å². The number of phenolic OH excluding ortho intramolecular Hbond substituents is 1. The maximum Gasteiger partial charge on any atom is 0.342 e. The lowest BCUT2D eigenvalue weighted by molar-refractivity contribution is -0.116. The second-order valence-electron chi connectivity index (χ2n) is 8.16. The molecule has 2 N–H and O–H groups in total. The minimum absolute atomic E-state index is 0.0172. The summed E-state index contributed by atoms with van der Waals surface area (Å²) in [4.78, 5) is 24.4. The van der Waals surface area contributed by atoms with Gasteiger partial charge in [0.2, 0.25) is 11.0 Å². The van der Waals surface area contributed by atoms with Crippen LogP contribution in [0.5, 0.6) is 11.5 Å². The smallest absolute Gasteiger partial charge is 0.342 e. The van der Waals surface area contributed by atoms with Crippen LogP contribution >= 0.6 is 11.3 Å². The molecular formula is C23H27N3O6S. The number of ether oxygens (including phenoxy) is 3. The van der Waals surface area contributed by atoms with E-state index in [1.807, 2.05) is 19.9 Å². The van der Waals surface area contributed by atoms with Crippen LogP contribution in [0, 0.1) is 6.92 Å². The van der Waals surface area contributed by atoms with Crippen LogP contribution in [0.25, 0.3) is 0 Å². The second-order valence-corrected chi connectivity index (χ2v) is 9.17. The number of hydrogen-bond donors (Lipinski definition) is 2. The molecule has 10 heteroatoms. The Balaban J connectivity index is 1.36. The molecule has 0 bridgehead atoms. The van der Waals surface area contributed by atoms with Gasteiger partial charge in [0.1, 0.15) is 34.8 Å². The van der Waals surface area contributed by atoms with Crippen LogP contribution in [-0.4, -0.2) is 40.9 Å². The van der Waals surface area contributed by atoms with Crippen molar-refractivity contribution in [1.29, 1.82) is 0 Å². The molecule has 0 spiro atoms. The van der Waals surface area contributed by atoms with E-state index < -0.39 is 5.97 Å². The zero-order chi connectivity index (χ0) is 23.5. The predicted octanol–water partition coefficient (Wildman–Crippen LogP) is 3.99. The molecular weight excluding hydrogens is 446 g/mol. The Morgan fingerprint density at radius 2 is 2.18 bits per heavy atom. The molecule has 1 atom stereocenters. The SMILES string of the molecule is COc1c(C)c2c(c(O)c1C/C=C(\C)CCC(=O)Nc1nnc(C3CCCO3)s1)C(=O)OC2. The number of fused-ring (bicyclic) bond motifs is 1. The summed E-state index contributed by atoms with van der Waals surface area (Å²) < 4.78 is 16.2. The summed E-state index contributed by atoms with van der Waals surface area (Å²) in [5.41, 5.74) is 3.18. The van der Waals surface area contributed by atoms with Crippen molar-refractivity contribution < 1.29 is 28.9 Å². The molecule has 1 amide bonds. The molecule has 0 aliphatic carbocycles. The summed E-state index contributed by atoms with van der Waals surface area (Å²) in [6.45, 7) is 4.64. The van der Waals surface area contributed by atoms with Gasteiger partial charge in [0.05, 0.1) is 7.11 Å². The number of esters is 1. The number of aromatic nitrogens is 2. The largest absolute Gasteiger partial charge is 0.507 e. The first-order valence-corrected chi connectivity index (χ1v) is 11.7. The van der Waals surface area contributed by atoms with Crippen molar-refractivity contribution >= 4 is 28.3 Å². The van der Waals surface area contributed by atoms with Crippen molar-refractivity contribution in [2.45, 2.75) is 58.7 Å². The predicted molar refractivity (Wildman–Crippen MR) is 122 cm³/mol. The third-order valence-corrected chi connectivity index (χ3v) is 6.87. The van der Waals surface area contributed by atoms with Crippen LogP contribution in [0.4, 0.5) is 5.13 Å². The Morgan fingerprint density at radius 3 is 2.91 bits per heavy atom. The Morgan fingerprint density at radius 1 is 1.36 bits per heavy atom. The molecule has 2 aliphatic heterocycles. The number of allylic oxidation sites excluding steroid dienone is 2. The fraction of sp³-hybridized carbons (Fsp3) is 0.478. The number of aromatic hydroxyl groups is 1. The Labute approximate surface area is 195 Å². The van der Waals surface area contributed by atoms with Gasteiger partial charge in [-0.05, 0) is 45.1 Å². The fourth-order valence-electron chi connectivity index (χ4n) is 4.09. The Bertz CT molecular complexity index is 1100. The summed E-state index contributed by atoms with van der Waals surface area (Å²) in [6, 6.07) is 0.